The Bertz CT molecular complexity index is 70.8. The highest BCUT2D eigenvalue weighted by Crippen LogP contribution is 2.27. The standard InChI is InChI=1S/C7H14O/c1-2-6-4-3-5-7(6)8/h6-8H,2-5H2,1H3/t6-,7+/m1/s1. The van der Waals surface area contributed by atoms with Crippen LogP contribution in [-0.4, -0.2) is 11.2 Å². The summed E-state index contributed by atoms with van der Waals surface area (Å²) in [7, 11) is 0. The molecule has 0 amide bonds. The van der Waals surface area contributed by atoms with Gasteiger partial charge in [-0.25, -0.2) is 0 Å². The molecule has 0 spiro atoms. The molecule has 1 fully saturated rings. The largest absolute Gasteiger partial charge is 0.393 e. The fourth-order valence-corrected chi connectivity index (χ4v) is 1.49. The van der Waals surface area contributed by atoms with Crippen LogP contribution in [-0.2, 0) is 0 Å². The van der Waals surface area contributed by atoms with E-state index in [-0.39, 0.29) is 6.10 Å². The van der Waals surface area contributed by atoms with E-state index in [1.807, 2.05) is 0 Å². The Kier molecular flexibility index (Phi) is 1.90. The van der Waals surface area contributed by atoms with Crippen molar-refractivity contribution < 1.29 is 5.11 Å². The summed E-state index contributed by atoms with van der Waals surface area (Å²) in [5.74, 6) is 0.620. The summed E-state index contributed by atoms with van der Waals surface area (Å²) in [4.78, 5) is 0. The Balaban J connectivity index is 2.30. The van der Waals surface area contributed by atoms with Gasteiger partial charge in [0.25, 0.3) is 0 Å². The van der Waals surface area contributed by atoms with E-state index in [4.69, 9.17) is 0 Å². The normalized spacial score (nSPS) is 38.2. The maximum Gasteiger partial charge on any atom is 0.0568 e. The van der Waals surface area contributed by atoms with Crippen LogP contribution in [0.15, 0.2) is 0 Å². The molecule has 0 aliphatic heterocycles. The molecule has 0 aromatic carbocycles. The van der Waals surface area contributed by atoms with Crippen LogP contribution in [0.5, 0.6) is 0 Å². The van der Waals surface area contributed by atoms with Gasteiger partial charge in [-0.05, 0) is 18.8 Å². The van der Waals surface area contributed by atoms with Crippen molar-refractivity contribution in [1.82, 2.24) is 0 Å². The second-order valence-corrected chi connectivity index (χ2v) is 2.67. The molecule has 1 N–H and O–H groups in total. The van der Waals surface area contributed by atoms with Crippen molar-refractivity contribution >= 4 is 0 Å². The van der Waals surface area contributed by atoms with Crippen molar-refractivity contribution in [1.29, 1.82) is 0 Å². The molecule has 0 aromatic rings. The Labute approximate surface area is 50.7 Å². The molecular formula is C7H14O. The molecule has 0 bridgehead atoms. The third-order valence-corrected chi connectivity index (χ3v) is 2.14. The van der Waals surface area contributed by atoms with E-state index in [0.29, 0.717) is 5.92 Å². The summed E-state index contributed by atoms with van der Waals surface area (Å²) >= 11 is 0. The molecule has 1 nitrogen and oxygen atoms in total. The quantitative estimate of drug-likeness (QED) is 0.548. The van der Waals surface area contributed by atoms with Crippen molar-refractivity contribution in [2.45, 2.75) is 38.7 Å². The highest BCUT2D eigenvalue weighted by atomic mass is 16.3. The fraction of sp³-hybridized carbons (Fsp3) is 1.00. The minimum Gasteiger partial charge on any atom is -0.393 e. The third kappa shape index (κ3) is 1.03. The number of hydrogen-bond donors (Lipinski definition) is 1. The molecule has 8 heavy (non-hydrogen) atoms. The molecule has 1 saturated carbocycles. The number of hydrogen-bond acceptors (Lipinski definition) is 1. The van der Waals surface area contributed by atoms with Gasteiger partial charge in [-0.3, -0.25) is 0 Å². The van der Waals surface area contributed by atoms with E-state index in [9.17, 15) is 5.11 Å². The van der Waals surface area contributed by atoms with E-state index < -0.39 is 0 Å². The lowest BCUT2D eigenvalue weighted by Crippen LogP contribution is -2.10. The van der Waals surface area contributed by atoms with Gasteiger partial charge in [0, 0.05) is 0 Å². The van der Waals surface area contributed by atoms with Gasteiger partial charge in [-0.2, -0.15) is 0 Å². The van der Waals surface area contributed by atoms with Gasteiger partial charge in [0.1, 0.15) is 0 Å². The molecule has 2 atom stereocenters. The minimum absolute atomic E-state index is 0.0278. The van der Waals surface area contributed by atoms with E-state index in [1.54, 1.807) is 0 Å². The molecule has 1 heteroatoms. The molecule has 0 heterocycles. The van der Waals surface area contributed by atoms with Gasteiger partial charge in [-0.15, -0.1) is 0 Å². The molecule has 0 aromatic heterocycles. The van der Waals surface area contributed by atoms with Crippen molar-refractivity contribution in [3.8, 4) is 0 Å². The highest BCUT2D eigenvalue weighted by Gasteiger charge is 2.22. The van der Waals surface area contributed by atoms with Gasteiger partial charge < -0.3 is 5.11 Å². The third-order valence-electron chi connectivity index (χ3n) is 2.14. The highest BCUT2D eigenvalue weighted by molar-refractivity contribution is 4.74. The lowest BCUT2D eigenvalue weighted by Gasteiger charge is -2.09. The fourth-order valence-electron chi connectivity index (χ4n) is 1.49. The second kappa shape index (κ2) is 2.49. The van der Waals surface area contributed by atoms with Crippen LogP contribution in [0.4, 0.5) is 0 Å². The topological polar surface area (TPSA) is 20.2 Å². The van der Waals surface area contributed by atoms with Gasteiger partial charge in [-0.1, -0.05) is 19.8 Å². The zero-order valence-electron chi connectivity index (χ0n) is 5.43. The lowest BCUT2D eigenvalue weighted by molar-refractivity contribution is 0.130. The molecule has 1 aliphatic rings. The predicted molar refractivity (Wildman–Crippen MR) is 33.6 cm³/mol. The van der Waals surface area contributed by atoms with Crippen LogP contribution < -0.4 is 0 Å². The molecule has 0 unspecified atom stereocenters. The zero-order chi connectivity index (χ0) is 5.98. The smallest absolute Gasteiger partial charge is 0.0568 e. The van der Waals surface area contributed by atoms with Crippen LogP contribution in [0.25, 0.3) is 0 Å². The van der Waals surface area contributed by atoms with Crippen molar-refractivity contribution in [3.05, 3.63) is 0 Å². The predicted octanol–water partition coefficient (Wildman–Crippen LogP) is 1.56. The number of rotatable bonds is 1. The Morgan fingerprint density at radius 1 is 1.50 bits per heavy atom. The molecule has 1 aliphatic carbocycles. The van der Waals surface area contributed by atoms with Crippen molar-refractivity contribution in [3.63, 3.8) is 0 Å². The summed E-state index contributed by atoms with van der Waals surface area (Å²) in [6, 6.07) is 0. The van der Waals surface area contributed by atoms with Gasteiger partial charge in [0.2, 0.25) is 0 Å². The minimum atomic E-state index is 0.0278. The van der Waals surface area contributed by atoms with Gasteiger partial charge in [0.15, 0.2) is 0 Å². The van der Waals surface area contributed by atoms with Crippen LogP contribution in [0, 0.1) is 5.92 Å². The van der Waals surface area contributed by atoms with E-state index in [2.05, 4.69) is 6.92 Å². The first-order valence-corrected chi connectivity index (χ1v) is 3.52. The van der Waals surface area contributed by atoms with E-state index >= 15 is 0 Å². The molecular weight excluding hydrogens is 100 g/mol. The summed E-state index contributed by atoms with van der Waals surface area (Å²) < 4.78 is 0. The Morgan fingerprint density at radius 2 is 2.25 bits per heavy atom. The van der Waals surface area contributed by atoms with Crippen LogP contribution >= 0.6 is 0 Å². The van der Waals surface area contributed by atoms with Gasteiger partial charge >= 0.3 is 0 Å². The average molecular weight is 114 g/mol. The first-order chi connectivity index (χ1) is 3.84. The summed E-state index contributed by atoms with van der Waals surface area (Å²) in [5.41, 5.74) is 0. The maximum atomic E-state index is 9.19. The van der Waals surface area contributed by atoms with Gasteiger partial charge in [0.05, 0.1) is 6.10 Å². The second-order valence-electron chi connectivity index (χ2n) is 2.67. The Hall–Kier alpha value is -0.0400. The van der Waals surface area contributed by atoms with E-state index in [0.717, 1.165) is 12.8 Å². The number of aliphatic hydroxyl groups is 1. The van der Waals surface area contributed by atoms with Crippen LogP contribution in [0.3, 0.4) is 0 Å². The summed E-state index contributed by atoms with van der Waals surface area (Å²) in [6.07, 6.45) is 4.71. The monoisotopic (exact) mass is 114 g/mol. The molecule has 0 radical (unpaired) electrons. The number of aliphatic hydroxyl groups excluding tert-OH is 1. The summed E-state index contributed by atoms with van der Waals surface area (Å²) in [6.45, 7) is 2.15. The first kappa shape index (κ1) is 6.09. The van der Waals surface area contributed by atoms with Crippen LogP contribution in [0.1, 0.15) is 32.6 Å². The average Bonchev–Trinajstić information content (AvgIpc) is 2.14. The van der Waals surface area contributed by atoms with E-state index in [1.165, 1.54) is 12.8 Å². The lowest BCUT2D eigenvalue weighted by atomic mass is 10.0. The summed E-state index contributed by atoms with van der Waals surface area (Å²) in [5, 5.41) is 9.19. The zero-order valence-corrected chi connectivity index (χ0v) is 5.43. The van der Waals surface area contributed by atoms with Crippen LogP contribution in [0.2, 0.25) is 0 Å². The van der Waals surface area contributed by atoms with Crippen molar-refractivity contribution in [2.24, 2.45) is 5.92 Å². The maximum absolute atomic E-state index is 9.19. The molecule has 1 rings (SSSR count). The van der Waals surface area contributed by atoms with Crippen molar-refractivity contribution in [2.75, 3.05) is 0 Å². The molecule has 48 valence electrons. The first-order valence-electron chi connectivity index (χ1n) is 3.52. The Morgan fingerprint density at radius 3 is 2.50 bits per heavy atom. The molecule has 0 saturated heterocycles. The SMILES string of the molecule is CC[C@@H]1CCC[C@@H]1O.